The van der Waals surface area contributed by atoms with Gasteiger partial charge in [0.1, 0.15) is 0 Å². The van der Waals surface area contributed by atoms with Crippen LogP contribution in [0.5, 0.6) is 0 Å². The molecule has 0 saturated carbocycles. The van der Waals surface area contributed by atoms with Gasteiger partial charge in [-0.1, -0.05) is 71.2 Å². The van der Waals surface area contributed by atoms with Crippen LogP contribution in [0.2, 0.25) is 15.1 Å². The number of halogens is 3. The summed E-state index contributed by atoms with van der Waals surface area (Å²) in [7, 11) is 0. The Balaban J connectivity index is 1.61. The Labute approximate surface area is 231 Å². The Morgan fingerprint density at radius 1 is 0.811 bits per heavy atom. The maximum absolute atomic E-state index is 14.0. The normalized spacial score (nSPS) is 16.7. The minimum absolute atomic E-state index is 0.143. The van der Waals surface area contributed by atoms with Crippen molar-refractivity contribution < 1.29 is 9.59 Å². The van der Waals surface area contributed by atoms with Crippen LogP contribution in [0.4, 0.5) is 11.4 Å². The second-order valence-corrected chi connectivity index (χ2v) is 10.3. The molecule has 37 heavy (non-hydrogen) atoms. The molecular weight excluding hydrogens is 527 g/mol. The van der Waals surface area contributed by atoms with E-state index in [-0.39, 0.29) is 23.9 Å². The van der Waals surface area contributed by atoms with Crippen molar-refractivity contribution in [2.75, 3.05) is 9.80 Å². The Hall–Kier alpha value is -3.31. The van der Waals surface area contributed by atoms with Crippen LogP contribution < -0.4 is 9.80 Å². The minimum atomic E-state index is -0.304. The van der Waals surface area contributed by atoms with Gasteiger partial charge in [0.25, 0.3) is 11.8 Å². The number of fused-ring (bicyclic) bond motifs is 1. The molecule has 0 aliphatic carbocycles. The molecule has 2 atom stereocenters. The van der Waals surface area contributed by atoms with Crippen LogP contribution in [0.3, 0.4) is 0 Å². The first kappa shape index (κ1) is 25.3. The molecule has 0 aromatic heterocycles. The van der Waals surface area contributed by atoms with Gasteiger partial charge in [-0.3, -0.25) is 9.59 Å². The second-order valence-electron chi connectivity index (χ2n) is 8.98. The highest BCUT2D eigenvalue weighted by Gasteiger charge is 2.39. The third kappa shape index (κ3) is 4.97. The molecule has 0 fully saturated rings. The lowest BCUT2D eigenvalue weighted by atomic mass is 9.89. The van der Waals surface area contributed by atoms with Crippen molar-refractivity contribution in [3.8, 4) is 0 Å². The number of carbonyl (C=O) groups excluding carboxylic acids is 2. The highest BCUT2D eigenvalue weighted by molar-refractivity contribution is 6.37. The number of carbonyl (C=O) groups is 2. The van der Waals surface area contributed by atoms with E-state index in [1.165, 1.54) is 0 Å². The SMILES string of the molecule is C[C@@H]1C[C@H](N(C(=O)c2ccc(Cl)cc2)c2ccccc2)c2ccccc2N1C(=O)c1ccc(Cl)cc1Cl. The number of anilines is 2. The van der Waals surface area contributed by atoms with Gasteiger partial charge in [-0.2, -0.15) is 0 Å². The Kier molecular flexibility index (Phi) is 7.25. The van der Waals surface area contributed by atoms with Crippen LogP contribution >= 0.6 is 34.8 Å². The van der Waals surface area contributed by atoms with Gasteiger partial charge in [-0.05, 0) is 79.6 Å². The lowest BCUT2D eigenvalue weighted by Crippen LogP contribution is -2.48. The zero-order valence-electron chi connectivity index (χ0n) is 19.9. The number of para-hydroxylation sites is 2. The fraction of sp³-hybridized carbons (Fsp3) is 0.133. The summed E-state index contributed by atoms with van der Waals surface area (Å²) < 4.78 is 0. The van der Waals surface area contributed by atoms with Gasteiger partial charge in [-0.15, -0.1) is 0 Å². The van der Waals surface area contributed by atoms with E-state index in [1.807, 2.05) is 66.4 Å². The molecule has 4 aromatic rings. The molecular formula is C30H23Cl3N2O2. The summed E-state index contributed by atoms with van der Waals surface area (Å²) in [6.45, 7) is 1.99. The van der Waals surface area contributed by atoms with E-state index in [2.05, 4.69) is 0 Å². The first-order chi connectivity index (χ1) is 17.8. The van der Waals surface area contributed by atoms with Gasteiger partial charge < -0.3 is 9.80 Å². The summed E-state index contributed by atoms with van der Waals surface area (Å²) in [4.78, 5) is 31.3. The van der Waals surface area contributed by atoms with Crippen LogP contribution in [-0.2, 0) is 0 Å². The molecule has 1 heterocycles. The van der Waals surface area contributed by atoms with Crippen LogP contribution in [0.25, 0.3) is 0 Å². The number of amides is 2. The van der Waals surface area contributed by atoms with Gasteiger partial charge in [-0.25, -0.2) is 0 Å². The molecule has 0 spiro atoms. The van der Waals surface area contributed by atoms with E-state index in [9.17, 15) is 9.59 Å². The van der Waals surface area contributed by atoms with Gasteiger partial charge in [0.2, 0.25) is 0 Å². The monoisotopic (exact) mass is 548 g/mol. The van der Waals surface area contributed by atoms with Crippen LogP contribution in [0, 0.1) is 0 Å². The smallest absolute Gasteiger partial charge is 0.260 e. The number of benzene rings is 4. The third-order valence-electron chi connectivity index (χ3n) is 6.60. The Morgan fingerprint density at radius 2 is 1.46 bits per heavy atom. The second kappa shape index (κ2) is 10.6. The molecule has 1 aliphatic heterocycles. The topological polar surface area (TPSA) is 40.6 Å². The van der Waals surface area contributed by atoms with E-state index in [0.717, 1.165) is 16.9 Å². The van der Waals surface area contributed by atoms with Crippen LogP contribution in [-0.4, -0.2) is 17.9 Å². The zero-order chi connectivity index (χ0) is 26.1. The van der Waals surface area contributed by atoms with Crippen molar-refractivity contribution in [3.63, 3.8) is 0 Å². The van der Waals surface area contributed by atoms with Crippen molar-refractivity contribution in [1.82, 2.24) is 0 Å². The van der Waals surface area contributed by atoms with E-state index in [4.69, 9.17) is 34.8 Å². The molecule has 0 N–H and O–H groups in total. The fourth-order valence-electron chi connectivity index (χ4n) is 4.89. The van der Waals surface area contributed by atoms with Crippen LogP contribution in [0.15, 0.2) is 97.1 Å². The molecule has 0 saturated heterocycles. The number of nitrogens with zero attached hydrogens (tertiary/aromatic N) is 2. The van der Waals surface area contributed by atoms with Crippen molar-refractivity contribution in [2.24, 2.45) is 0 Å². The standard InChI is InChI=1S/C30H23Cl3N2O2/c1-19-17-28(35(23-7-3-2-4-8-23)29(36)20-11-13-21(31)14-12-20)25-9-5-6-10-27(25)34(19)30(37)24-16-15-22(32)18-26(24)33/h2-16,18-19,28H,17H2,1H3/t19-,28+/m1/s1. The Bertz CT molecular complexity index is 1460. The van der Waals surface area contributed by atoms with Gasteiger partial charge >= 0.3 is 0 Å². The zero-order valence-corrected chi connectivity index (χ0v) is 22.2. The quantitative estimate of drug-likeness (QED) is 0.256. The average Bonchev–Trinajstić information content (AvgIpc) is 2.89. The summed E-state index contributed by atoms with van der Waals surface area (Å²) in [5.41, 5.74) is 3.31. The number of hydrogen-bond donors (Lipinski definition) is 0. The summed E-state index contributed by atoms with van der Waals surface area (Å²) in [6.07, 6.45) is 0.530. The third-order valence-corrected chi connectivity index (χ3v) is 7.40. The summed E-state index contributed by atoms with van der Waals surface area (Å²) >= 11 is 18.6. The van der Waals surface area contributed by atoms with Gasteiger partial charge in [0.15, 0.2) is 0 Å². The molecule has 0 radical (unpaired) electrons. The predicted octanol–water partition coefficient (Wildman–Crippen LogP) is 8.47. The van der Waals surface area contributed by atoms with Crippen molar-refractivity contribution in [2.45, 2.75) is 25.4 Å². The molecule has 0 unspecified atom stereocenters. The molecule has 186 valence electrons. The first-order valence-electron chi connectivity index (χ1n) is 11.9. The highest BCUT2D eigenvalue weighted by Crippen LogP contribution is 2.43. The molecule has 7 heteroatoms. The molecule has 4 aromatic carbocycles. The van der Waals surface area contributed by atoms with Gasteiger partial charge in [0.05, 0.1) is 16.6 Å². The molecule has 0 bridgehead atoms. The van der Waals surface area contributed by atoms with Crippen molar-refractivity contribution in [3.05, 3.63) is 129 Å². The Morgan fingerprint density at radius 3 is 2.16 bits per heavy atom. The maximum atomic E-state index is 14.0. The van der Waals surface area contributed by atoms with Crippen molar-refractivity contribution in [1.29, 1.82) is 0 Å². The van der Waals surface area contributed by atoms with E-state index in [0.29, 0.717) is 32.6 Å². The lowest BCUT2D eigenvalue weighted by Gasteiger charge is -2.43. The fourth-order valence-corrected chi connectivity index (χ4v) is 5.50. The average molecular weight is 550 g/mol. The van der Waals surface area contributed by atoms with Crippen LogP contribution in [0.1, 0.15) is 45.7 Å². The molecule has 1 aliphatic rings. The number of rotatable bonds is 4. The predicted molar refractivity (Wildman–Crippen MR) is 151 cm³/mol. The van der Waals surface area contributed by atoms with E-state index in [1.54, 1.807) is 47.4 Å². The van der Waals surface area contributed by atoms with Gasteiger partial charge in [0, 0.05) is 33.0 Å². The number of hydrogen-bond acceptors (Lipinski definition) is 2. The molecule has 5 rings (SSSR count). The summed E-state index contributed by atoms with van der Waals surface area (Å²) in [5, 5.41) is 1.33. The van der Waals surface area contributed by atoms with Crippen molar-refractivity contribution >= 4 is 58.0 Å². The highest BCUT2D eigenvalue weighted by atomic mass is 35.5. The minimum Gasteiger partial charge on any atom is -0.305 e. The molecule has 4 nitrogen and oxygen atoms in total. The largest absolute Gasteiger partial charge is 0.305 e. The summed E-state index contributed by atoms with van der Waals surface area (Å²) in [6, 6.07) is 28.5. The van der Waals surface area contributed by atoms with E-state index < -0.39 is 0 Å². The lowest BCUT2D eigenvalue weighted by molar-refractivity contribution is 0.0965. The molecule has 2 amide bonds. The maximum Gasteiger partial charge on any atom is 0.260 e. The first-order valence-corrected chi connectivity index (χ1v) is 13.0. The van der Waals surface area contributed by atoms with E-state index >= 15 is 0 Å². The summed E-state index contributed by atoms with van der Waals surface area (Å²) in [5.74, 6) is -0.356.